The third-order valence-electron chi connectivity index (χ3n) is 5.24. The second kappa shape index (κ2) is 9.88. The number of fused-ring (bicyclic) bond motifs is 1. The van der Waals surface area contributed by atoms with Gasteiger partial charge in [-0.05, 0) is 48.1 Å². The molecule has 0 spiro atoms. The number of allylic oxidation sites excluding steroid dienone is 5. The van der Waals surface area contributed by atoms with Crippen LogP contribution in [-0.2, 0) is 26.2 Å². The molecule has 0 nitrogen and oxygen atoms in total. The molecule has 0 aromatic heterocycles. The fourth-order valence-electron chi connectivity index (χ4n) is 4.10. The monoisotopic (exact) mass is 460 g/mol. The van der Waals surface area contributed by atoms with Crippen molar-refractivity contribution < 1.29 is 26.2 Å². The summed E-state index contributed by atoms with van der Waals surface area (Å²) in [5.41, 5.74) is 8.70. The van der Waals surface area contributed by atoms with Crippen molar-refractivity contribution in [3.63, 3.8) is 0 Å². The maximum absolute atomic E-state index is 2.42. The van der Waals surface area contributed by atoms with E-state index in [-0.39, 0.29) is 51.0 Å². The molecule has 2 unspecified atom stereocenters. The van der Waals surface area contributed by atoms with Crippen LogP contribution in [-0.4, -0.2) is 0 Å². The molecule has 2 aliphatic carbocycles. The molecular formula is C23H24Cl2Zr. The van der Waals surface area contributed by atoms with Crippen molar-refractivity contribution in [2.24, 2.45) is 0 Å². The van der Waals surface area contributed by atoms with Crippen LogP contribution in [0.2, 0.25) is 0 Å². The second-order valence-corrected chi connectivity index (χ2v) is 6.67. The van der Waals surface area contributed by atoms with Gasteiger partial charge in [-0.15, -0.1) is 24.8 Å². The molecule has 0 aliphatic heterocycles. The molecule has 26 heavy (non-hydrogen) atoms. The van der Waals surface area contributed by atoms with Crippen LogP contribution in [0.1, 0.15) is 46.1 Å². The Hall–Kier alpha value is -0.877. The summed E-state index contributed by atoms with van der Waals surface area (Å²) in [5.74, 6) is 0.877. The molecule has 0 amide bonds. The van der Waals surface area contributed by atoms with Crippen molar-refractivity contribution in [1.29, 1.82) is 0 Å². The van der Waals surface area contributed by atoms with Crippen LogP contribution in [0.5, 0.6) is 0 Å². The third kappa shape index (κ3) is 4.17. The summed E-state index contributed by atoms with van der Waals surface area (Å²) in [6.07, 6.45) is 12.6. The summed E-state index contributed by atoms with van der Waals surface area (Å²) in [6.45, 7) is 4.47. The maximum atomic E-state index is 2.42. The van der Waals surface area contributed by atoms with E-state index in [1.165, 1.54) is 33.4 Å². The molecule has 0 saturated carbocycles. The molecule has 2 aliphatic rings. The molecule has 3 heteroatoms. The Morgan fingerprint density at radius 1 is 0.923 bits per heavy atom. The zero-order chi connectivity index (χ0) is 15.8. The third-order valence-corrected chi connectivity index (χ3v) is 5.24. The van der Waals surface area contributed by atoms with Crippen LogP contribution in [0.15, 0.2) is 72.3 Å². The van der Waals surface area contributed by atoms with Crippen molar-refractivity contribution in [3.05, 3.63) is 100 Å². The maximum Gasteiger partial charge on any atom is 0.0158 e. The number of hydrogen-bond acceptors (Lipinski definition) is 0. The molecule has 0 heterocycles. The molecule has 0 saturated heterocycles. The van der Waals surface area contributed by atoms with E-state index in [1.54, 1.807) is 0 Å². The first-order valence-electron chi connectivity index (χ1n) is 8.44. The molecule has 134 valence electrons. The van der Waals surface area contributed by atoms with Gasteiger partial charge in [0.25, 0.3) is 0 Å². The summed E-state index contributed by atoms with van der Waals surface area (Å²) in [6, 6.07) is 15.5. The van der Waals surface area contributed by atoms with Gasteiger partial charge in [0.15, 0.2) is 0 Å². The average molecular weight is 463 g/mol. The van der Waals surface area contributed by atoms with Crippen LogP contribution in [0.4, 0.5) is 0 Å². The Balaban J connectivity index is 0.00000113. The molecule has 0 fully saturated rings. The largest absolute Gasteiger partial charge is 0.147 e. The zero-order valence-electron chi connectivity index (χ0n) is 15.1. The Morgan fingerprint density at radius 2 is 1.62 bits per heavy atom. The molecule has 4 rings (SSSR count). The topological polar surface area (TPSA) is 0 Å². The first-order valence-corrected chi connectivity index (χ1v) is 8.44. The Labute approximate surface area is 188 Å². The average Bonchev–Trinajstić information content (AvgIpc) is 3.24. The number of halogens is 2. The Bertz CT molecular complexity index is 835. The minimum Gasteiger partial charge on any atom is -0.147 e. The van der Waals surface area contributed by atoms with Gasteiger partial charge in [-0.25, -0.2) is 0 Å². The number of aryl methyl sites for hydroxylation is 2. The SMILES string of the molecule is Cc1ccc(C)c2c1C=CC2C(C1=CC=CC1)c1ccccc1.Cl.Cl.[Zr]. The van der Waals surface area contributed by atoms with Gasteiger partial charge in [0.1, 0.15) is 0 Å². The van der Waals surface area contributed by atoms with Crippen LogP contribution >= 0.6 is 24.8 Å². The van der Waals surface area contributed by atoms with Gasteiger partial charge in [-0.1, -0.05) is 78.4 Å². The molecule has 2 aromatic rings. The van der Waals surface area contributed by atoms with Gasteiger partial charge < -0.3 is 0 Å². The van der Waals surface area contributed by atoms with Crippen molar-refractivity contribution >= 4 is 30.9 Å². The quantitative estimate of drug-likeness (QED) is 0.464. The zero-order valence-corrected chi connectivity index (χ0v) is 19.2. The standard InChI is InChI=1S/C23H22.2ClH.Zr/c1-16-12-13-17(2)22-20(16)14-15-21(22)23(19-10-6-7-11-19)18-8-4-3-5-9-18;;;/h3-10,12-15,21,23H,11H2,1-2H3;2*1H;. The molecule has 0 N–H and O–H groups in total. The normalized spacial score (nSPS) is 17.5. The fourth-order valence-corrected chi connectivity index (χ4v) is 4.10. The number of hydrogen-bond donors (Lipinski definition) is 0. The first kappa shape index (κ1) is 23.2. The van der Waals surface area contributed by atoms with Crippen molar-refractivity contribution in [2.45, 2.75) is 32.1 Å². The van der Waals surface area contributed by atoms with Crippen molar-refractivity contribution in [2.75, 3.05) is 0 Å². The predicted octanol–water partition coefficient (Wildman–Crippen LogP) is 6.93. The smallest absolute Gasteiger partial charge is 0.0158 e. The van der Waals surface area contributed by atoms with Crippen LogP contribution < -0.4 is 0 Å². The van der Waals surface area contributed by atoms with E-state index in [9.17, 15) is 0 Å². The van der Waals surface area contributed by atoms with Crippen molar-refractivity contribution in [3.8, 4) is 0 Å². The summed E-state index contributed by atoms with van der Waals surface area (Å²) >= 11 is 0. The van der Waals surface area contributed by atoms with Gasteiger partial charge >= 0.3 is 0 Å². The van der Waals surface area contributed by atoms with Crippen molar-refractivity contribution in [1.82, 2.24) is 0 Å². The first-order chi connectivity index (χ1) is 11.3. The molecule has 0 bridgehead atoms. The van der Waals surface area contributed by atoms with E-state index in [1.807, 2.05) is 0 Å². The van der Waals surface area contributed by atoms with Gasteiger partial charge in [-0.3, -0.25) is 0 Å². The van der Waals surface area contributed by atoms with Gasteiger partial charge in [0, 0.05) is 38.0 Å². The van der Waals surface area contributed by atoms with Gasteiger partial charge in [0.05, 0.1) is 0 Å². The minimum absolute atomic E-state index is 0. The van der Waals surface area contributed by atoms with E-state index in [4.69, 9.17) is 0 Å². The van der Waals surface area contributed by atoms with E-state index < -0.39 is 0 Å². The Morgan fingerprint density at radius 3 is 2.27 bits per heavy atom. The van der Waals surface area contributed by atoms with Crippen LogP contribution in [0, 0.1) is 13.8 Å². The summed E-state index contributed by atoms with van der Waals surface area (Å²) in [5, 5.41) is 0. The second-order valence-electron chi connectivity index (χ2n) is 6.67. The van der Waals surface area contributed by atoms with Crippen LogP contribution in [0.25, 0.3) is 6.08 Å². The molecule has 2 atom stereocenters. The minimum atomic E-state index is 0. The van der Waals surface area contributed by atoms with Gasteiger partial charge in [-0.2, -0.15) is 0 Å². The van der Waals surface area contributed by atoms with E-state index in [2.05, 4.69) is 86.7 Å². The molecule has 2 aromatic carbocycles. The van der Waals surface area contributed by atoms with E-state index in [0.717, 1.165) is 6.42 Å². The molecular weight excluding hydrogens is 438 g/mol. The van der Waals surface area contributed by atoms with E-state index in [0.29, 0.717) is 11.8 Å². The van der Waals surface area contributed by atoms with Crippen LogP contribution in [0.3, 0.4) is 0 Å². The predicted molar refractivity (Wildman–Crippen MR) is 113 cm³/mol. The summed E-state index contributed by atoms with van der Waals surface area (Å²) in [7, 11) is 0. The summed E-state index contributed by atoms with van der Waals surface area (Å²) < 4.78 is 0. The van der Waals surface area contributed by atoms with E-state index >= 15 is 0 Å². The fraction of sp³-hybridized carbons (Fsp3) is 0.217. The number of rotatable bonds is 3. The van der Waals surface area contributed by atoms with Gasteiger partial charge in [0.2, 0.25) is 0 Å². The Kier molecular flexibility index (Phi) is 8.81. The number of benzene rings is 2. The molecule has 0 radical (unpaired) electrons. The summed E-state index contributed by atoms with van der Waals surface area (Å²) in [4.78, 5) is 0.